The molecule has 3 rings (SSSR count). The summed E-state index contributed by atoms with van der Waals surface area (Å²) in [4.78, 5) is 8.23. The first-order valence-electron chi connectivity index (χ1n) is 6.53. The summed E-state index contributed by atoms with van der Waals surface area (Å²) in [6.07, 6.45) is 3.75. The van der Waals surface area contributed by atoms with E-state index in [9.17, 15) is 0 Å². The van der Waals surface area contributed by atoms with Crippen molar-refractivity contribution in [3.8, 4) is 17.2 Å². The van der Waals surface area contributed by atoms with Gasteiger partial charge in [0.2, 0.25) is 0 Å². The zero-order chi connectivity index (χ0) is 14.5. The number of nitrogen functional groups attached to an aromatic ring is 1. The second-order valence-corrected chi connectivity index (χ2v) is 4.39. The summed E-state index contributed by atoms with van der Waals surface area (Å²) in [5.74, 6) is 1.79. The van der Waals surface area contributed by atoms with E-state index >= 15 is 0 Å². The molecule has 21 heavy (non-hydrogen) atoms. The van der Waals surface area contributed by atoms with Gasteiger partial charge in [0, 0.05) is 12.6 Å². The van der Waals surface area contributed by atoms with Gasteiger partial charge < -0.3 is 15.0 Å². The number of rotatable bonds is 5. The zero-order valence-electron chi connectivity index (χ0n) is 11.3. The van der Waals surface area contributed by atoms with Crippen LogP contribution in [-0.4, -0.2) is 21.7 Å². The number of nitrogens with two attached hydrogens (primary N) is 1. The maximum Gasteiger partial charge on any atom is 0.260 e. The Morgan fingerprint density at radius 3 is 2.81 bits per heavy atom. The van der Waals surface area contributed by atoms with E-state index in [2.05, 4.69) is 15.1 Å². The van der Waals surface area contributed by atoms with Gasteiger partial charge in [0.05, 0.1) is 24.1 Å². The molecule has 2 heterocycles. The molecular weight excluding hydrogens is 268 g/mol. The minimum absolute atomic E-state index is 0.393. The summed E-state index contributed by atoms with van der Waals surface area (Å²) in [7, 11) is 0. The van der Waals surface area contributed by atoms with E-state index < -0.39 is 0 Å². The summed E-state index contributed by atoms with van der Waals surface area (Å²) < 4.78 is 10.8. The predicted octanol–water partition coefficient (Wildman–Crippen LogP) is 2.34. The Balaban J connectivity index is 1.62. The lowest BCUT2D eigenvalue weighted by atomic mass is 10.2. The van der Waals surface area contributed by atoms with Crippen LogP contribution in [0.2, 0.25) is 0 Å². The van der Waals surface area contributed by atoms with Gasteiger partial charge in [-0.1, -0.05) is 23.4 Å². The molecule has 3 aromatic rings. The molecule has 106 valence electrons. The van der Waals surface area contributed by atoms with Crippen LogP contribution in [-0.2, 0) is 6.42 Å². The molecule has 2 N–H and O–H groups in total. The van der Waals surface area contributed by atoms with Gasteiger partial charge in [0.15, 0.2) is 5.82 Å². The molecule has 1 aromatic carbocycles. The van der Waals surface area contributed by atoms with Gasteiger partial charge in [0.25, 0.3) is 5.89 Å². The van der Waals surface area contributed by atoms with Crippen LogP contribution < -0.4 is 10.5 Å². The summed E-state index contributed by atoms with van der Waals surface area (Å²) in [5.41, 5.74) is 7.02. The van der Waals surface area contributed by atoms with Gasteiger partial charge in [-0.15, -0.1) is 0 Å². The van der Waals surface area contributed by atoms with Crippen LogP contribution in [0.1, 0.15) is 5.82 Å². The van der Waals surface area contributed by atoms with E-state index in [-0.39, 0.29) is 0 Å². The number of aromatic nitrogens is 3. The highest BCUT2D eigenvalue weighted by molar-refractivity contribution is 5.68. The molecule has 0 aliphatic carbocycles. The Morgan fingerprint density at radius 1 is 1.14 bits per heavy atom. The first kappa shape index (κ1) is 13.1. The van der Waals surface area contributed by atoms with Crippen molar-refractivity contribution in [2.45, 2.75) is 6.42 Å². The second-order valence-electron chi connectivity index (χ2n) is 4.39. The summed E-state index contributed by atoms with van der Waals surface area (Å²) in [6, 6.07) is 11.3. The lowest BCUT2D eigenvalue weighted by Crippen LogP contribution is -2.02. The SMILES string of the molecule is Nc1cnccc1-c1nc(CCOc2ccccc2)no1. The Labute approximate surface area is 121 Å². The molecule has 0 spiro atoms. The van der Waals surface area contributed by atoms with Crippen LogP contribution in [0.15, 0.2) is 53.3 Å². The van der Waals surface area contributed by atoms with Crippen LogP contribution in [0.25, 0.3) is 11.5 Å². The number of anilines is 1. The van der Waals surface area contributed by atoms with Crippen LogP contribution in [0.4, 0.5) is 5.69 Å². The average molecular weight is 282 g/mol. The Hall–Kier alpha value is -2.89. The van der Waals surface area contributed by atoms with E-state index in [1.165, 1.54) is 0 Å². The molecule has 0 aliphatic heterocycles. The van der Waals surface area contributed by atoms with E-state index in [1.807, 2.05) is 30.3 Å². The Bertz CT molecular complexity index is 712. The number of hydrogen-bond donors (Lipinski definition) is 1. The van der Waals surface area contributed by atoms with Crippen molar-refractivity contribution in [3.05, 3.63) is 54.6 Å². The summed E-state index contributed by atoms with van der Waals surface area (Å²) >= 11 is 0. The topological polar surface area (TPSA) is 87.1 Å². The normalized spacial score (nSPS) is 10.5. The highest BCUT2D eigenvalue weighted by atomic mass is 16.5. The van der Waals surface area contributed by atoms with Gasteiger partial charge in [-0.25, -0.2) is 0 Å². The second kappa shape index (κ2) is 6.04. The van der Waals surface area contributed by atoms with E-state index in [4.69, 9.17) is 15.0 Å². The van der Waals surface area contributed by atoms with Crippen LogP contribution in [0.3, 0.4) is 0 Å². The van der Waals surface area contributed by atoms with Crippen molar-refractivity contribution in [3.63, 3.8) is 0 Å². The highest BCUT2D eigenvalue weighted by Crippen LogP contribution is 2.22. The third-order valence-electron chi connectivity index (χ3n) is 2.89. The average Bonchev–Trinajstić information content (AvgIpc) is 2.97. The van der Waals surface area contributed by atoms with E-state index in [1.54, 1.807) is 18.5 Å². The van der Waals surface area contributed by atoms with Crippen molar-refractivity contribution in [1.82, 2.24) is 15.1 Å². The highest BCUT2D eigenvalue weighted by Gasteiger charge is 2.11. The van der Waals surface area contributed by atoms with Crippen molar-refractivity contribution in [2.75, 3.05) is 12.3 Å². The van der Waals surface area contributed by atoms with Gasteiger partial charge in [-0.3, -0.25) is 4.98 Å². The molecule has 0 saturated carbocycles. The predicted molar refractivity (Wildman–Crippen MR) is 77.6 cm³/mol. The standard InChI is InChI=1S/C15H14N4O2/c16-13-10-17-8-6-12(13)15-18-14(19-21-15)7-9-20-11-4-2-1-3-5-11/h1-6,8,10H,7,9,16H2. The number of ether oxygens (including phenoxy) is 1. The molecule has 0 unspecified atom stereocenters. The summed E-state index contributed by atoms with van der Waals surface area (Å²) in [6.45, 7) is 0.481. The number of para-hydroxylation sites is 1. The van der Waals surface area contributed by atoms with Gasteiger partial charge in [-0.05, 0) is 18.2 Å². The molecule has 0 bridgehead atoms. The smallest absolute Gasteiger partial charge is 0.260 e. The Kier molecular flexibility index (Phi) is 3.77. The molecular formula is C15H14N4O2. The molecule has 0 amide bonds. The van der Waals surface area contributed by atoms with Crippen LogP contribution in [0, 0.1) is 0 Å². The minimum Gasteiger partial charge on any atom is -0.493 e. The van der Waals surface area contributed by atoms with Crippen molar-refractivity contribution < 1.29 is 9.26 Å². The fourth-order valence-electron chi connectivity index (χ4n) is 1.84. The Morgan fingerprint density at radius 2 is 2.00 bits per heavy atom. The van der Waals surface area contributed by atoms with Crippen molar-refractivity contribution in [1.29, 1.82) is 0 Å². The molecule has 0 aliphatic rings. The first-order chi connectivity index (χ1) is 10.3. The third-order valence-corrected chi connectivity index (χ3v) is 2.89. The molecule has 2 aromatic heterocycles. The maximum absolute atomic E-state index is 5.82. The fourth-order valence-corrected chi connectivity index (χ4v) is 1.84. The fraction of sp³-hybridized carbons (Fsp3) is 0.133. The molecule has 6 heteroatoms. The third kappa shape index (κ3) is 3.17. The lowest BCUT2D eigenvalue weighted by molar-refractivity contribution is 0.315. The van der Waals surface area contributed by atoms with Gasteiger partial charge in [-0.2, -0.15) is 4.98 Å². The maximum atomic E-state index is 5.82. The lowest BCUT2D eigenvalue weighted by Gasteiger charge is -2.02. The summed E-state index contributed by atoms with van der Waals surface area (Å²) in [5, 5.41) is 3.92. The van der Waals surface area contributed by atoms with Gasteiger partial charge in [0.1, 0.15) is 5.75 Å². The van der Waals surface area contributed by atoms with Crippen molar-refractivity contribution in [2.24, 2.45) is 0 Å². The van der Waals surface area contributed by atoms with E-state index in [0.29, 0.717) is 36.0 Å². The molecule has 0 saturated heterocycles. The number of pyridine rings is 1. The minimum atomic E-state index is 0.393. The number of nitrogens with zero attached hydrogens (tertiary/aromatic N) is 3. The first-order valence-corrected chi connectivity index (χ1v) is 6.53. The quantitative estimate of drug-likeness (QED) is 0.772. The zero-order valence-corrected chi connectivity index (χ0v) is 11.3. The van der Waals surface area contributed by atoms with Gasteiger partial charge >= 0.3 is 0 Å². The molecule has 0 fully saturated rings. The number of hydrogen-bond acceptors (Lipinski definition) is 6. The number of benzene rings is 1. The van der Waals surface area contributed by atoms with Crippen LogP contribution >= 0.6 is 0 Å². The van der Waals surface area contributed by atoms with E-state index in [0.717, 1.165) is 5.75 Å². The monoisotopic (exact) mass is 282 g/mol. The largest absolute Gasteiger partial charge is 0.493 e. The molecule has 0 atom stereocenters. The molecule has 6 nitrogen and oxygen atoms in total. The van der Waals surface area contributed by atoms with Crippen LogP contribution in [0.5, 0.6) is 5.75 Å². The van der Waals surface area contributed by atoms with Crippen molar-refractivity contribution >= 4 is 5.69 Å². The molecule has 0 radical (unpaired) electrons.